The van der Waals surface area contributed by atoms with Gasteiger partial charge in [0.1, 0.15) is 5.75 Å². The number of aromatic nitrogens is 4. The number of rotatable bonds is 7. The van der Waals surface area contributed by atoms with Crippen LogP contribution in [0.5, 0.6) is 5.75 Å². The summed E-state index contributed by atoms with van der Waals surface area (Å²) in [7, 11) is 1.62. The standard InChI is InChI=1S/C25H23F2N5O4/c1-30-22(33)19-7-6-15(18-11-28-25(29-12-18)31-9-8-17(13-31)23(34)35)10-20(19)32(30)14-16-4-2-3-5-21(16)36-24(26)27/h2-7,10-12,17,24H,8-9,13-14H2,1H3,(H,34,35)/t17-/m1/s1. The Morgan fingerprint density at radius 1 is 1.17 bits per heavy atom. The summed E-state index contributed by atoms with van der Waals surface area (Å²) in [6.07, 6.45) is 3.87. The number of hydrogen-bond acceptors (Lipinski definition) is 6. The molecule has 1 saturated heterocycles. The molecule has 0 amide bonds. The molecule has 11 heteroatoms. The number of carboxylic acids is 1. The van der Waals surface area contributed by atoms with E-state index >= 15 is 0 Å². The molecular formula is C25H23F2N5O4. The van der Waals surface area contributed by atoms with Gasteiger partial charge in [-0.1, -0.05) is 24.3 Å². The Hall–Kier alpha value is -4.28. The van der Waals surface area contributed by atoms with Gasteiger partial charge in [0.15, 0.2) is 0 Å². The molecule has 0 saturated carbocycles. The summed E-state index contributed by atoms with van der Waals surface area (Å²) >= 11 is 0. The number of anilines is 1. The van der Waals surface area contributed by atoms with Crippen molar-refractivity contribution in [2.75, 3.05) is 18.0 Å². The fourth-order valence-corrected chi connectivity index (χ4v) is 4.53. The van der Waals surface area contributed by atoms with E-state index in [0.717, 1.165) is 11.1 Å². The Bertz CT molecular complexity index is 1480. The van der Waals surface area contributed by atoms with E-state index < -0.39 is 18.5 Å². The summed E-state index contributed by atoms with van der Waals surface area (Å²) in [5.41, 5.74) is 2.42. The van der Waals surface area contributed by atoms with E-state index in [4.69, 9.17) is 0 Å². The SMILES string of the molecule is Cn1c(=O)c2ccc(-c3cnc(N4CC[C@@H](C(=O)O)C4)nc3)cc2n1Cc1ccccc1OC(F)F. The highest BCUT2D eigenvalue weighted by atomic mass is 19.3. The van der Waals surface area contributed by atoms with Gasteiger partial charge in [-0.3, -0.25) is 19.0 Å². The summed E-state index contributed by atoms with van der Waals surface area (Å²) in [4.78, 5) is 34.8. The molecule has 0 aliphatic carbocycles. The zero-order valence-electron chi connectivity index (χ0n) is 19.3. The highest BCUT2D eigenvalue weighted by molar-refractivity contribution is 5.84. The Labute approximate surface area is 204 Å². The van der Waals surface area contributed by atoms with E-state index in [1.165, 1.54) is 10.7 Å². The number of alkyl halides is 2. The van der Waals surface area contributed by atoms with Crippen LogP contribution in [0.15, 0.2) is 59.7 Å². The number of fused-ring (bicyclic) bond motifs is 1. The molecule has 0 radical (unpaired) electrons. The second kappa shape index (κ2) is 9.40. The lowest BCUT2D eigenvalue weighted by molar-refractivity contribution is -0.140. The van der Waals surface area contributed by atoms with Crippen LogP contribution in [-0.4, -0.2) is 50.1 Å². The average Bonchev–Trinajstić information content (AvgIpc) is 3.45. The highest BCUT2D eigenvalue weighted by Gasteiger charge is 2.29. The monoisotopic (exact) mass is 495 g/mol. The summed E-state index contributed by atoms with van der Waals surface area (Å²) in [6, 6.07) is 11.8. The molecule has 36 heavy (non-hydrogen) atoms. The molecule has 1 fully saturated rings. The maximum atomic E-state index is 12.9. The van der Waals surface area contributed by atoms with E-state index in [-0.39, 0.29) is 17.9 Å². The molecule has 0 spiro atoms. The highest BCUT2D eigenvalue weighted by Crippen LogP contribution is 2.27. The Morgan fingerprint density at radius 3 is 2.61 bits per heavy atom. The van der Waals surface area contributed by atoms with E-state index in [9.17, 15) is 23.5 Å². The maximum Gasteiger partial charge on any atom is 0.387 e. The fourth-order valence-electron chi connectivity index (χ4n) is 4.53. The number of carboxylic acid groups (broad SMARTS) is 1. The van der Waals surface area contributed by atoms with Crippen molar-refractivity contribution < 1.29 is 23.4 Å². The van der Waals surface area contributed by atoms with Crippen LogP contribution in [0, 0.1) is 5.92 Å². The van der Waals surface area contributed by atoms with Crippen molar-refractivity contribution >= 4 is 22.8 Å². The van der Waals surface area contributed by atoms with Crippen molar-refractivity contribution in [3.05, 3.63) is 70.8 Å². The number of benzene rings is 2. The molecular weight excluding hydrogens is 472 g/mol. The largest absolute Gasteiger partial charge is 0.481 e. The van der Waals surface area contributed by atoms with Gasteiger partial charge in [-0.05, 0) is 30.2 Å². The molecule has 1 aliphatic heterocycles. The third-order valence-corrected chi connectivity index (χ3v) is 6.46. The zero-order valence-corrected chi connectivity index (χ0v) is 19.3. The number of nitrogens with zero attached hydrogens (tertiary/aromatic N) is 5. The van der Waals surface area contributed by atoms with Crippen molar-refractivity contribution in [3.63, 3.8) is 0 Å². The third kappa shape index (κ3) is 4.39. The lowest BCUT2D eigenvalue weighted by atomic mass is 10.1. The molecule has 2 aromatic carbocycles. The van der Waals surface area contributed by atoms with Gasteiger partial charge in [-0.2, -0.15) is 8.78 Å². The second-order valence-corrected chi connectivity index (χ2v) is 8.65. The van der Waals surface area contributed by atoms with Crippen LogP contribution in [0.1, 0.15) is 12.0 Å². The lowest BCUT2D eigenvalue weighted by Gasteiger charge is -2.15. The Balaban J connectivity index is 1.47. The van der Waals surface area contributed by atoms with E-state index in [0.29, 0.717) is 41.9 Å². The van der Waals surface area contributed by atoms with E-state index in [1.54, 1.807) is 54.5 Å². The number of ether oxygens (including phenoxy) is 1. The normalized spacial score (nSPS) is 15.7. The van der Waals surface area contributed by atoms with Crippen molar-refractivity contribution in [2.45, 2.75) is 19.6 Å². The van der Waals surface area contributed by atoms with Gasteiger partial charge >= 0.3 is 12.6 Å². The molecule has 186 valence electrons. The first kappa shape index (κ1) is 23.5. The van der Waals surface area contributed by atoms with Crippen LogP contribution in [0.4, 0.5) is 14.7 Å². The minimum absolute atomic E-state index is 0.0500. The summed E-state index contributed by atoms with van der Waals surface area (Å²) in [5, 5.41) is 9.70. The van der Waals surface area contributed by atoms with Crippen molar-refractivity contribution in [3.8, 4) is 16.9 Å². The van der Waals surface area contributed by atoms with Gasteiger partial charge in [0.05, 0.1) is 23.4 Å². The number of para-hydroxylation sites is 1. The van der Waals surface area contributed by atoms with Crippen LogP contribution >= 0.6 is 0 Å². The second-order valence-electron chi connectivity index (χ2n) is 8.65. The lowest BCUT2D eigenvalue weighted by Crippen LogP contribution is -2.24. The quantitative estimate of drug-likeness (QED) is 0.419. The predicted molar refractivity (Wildman–Crippen MR) is 128 cm³/mol. The fraction of sp³-hybridized carbons (Fsp3) is 0.280. The molecule has 3 heterocycles. The molecule has 0 bridgehead atoms. The molecule has 0 unspecified atom stereocenters. The molecule has 1 atom stereocenters. The van der Waals surface area contributed by atoms with Gasteiger partial charge in [0.2, 0.25) is 5.95 Å². The van der Waals surface area contributed by atoms with Gasteiger partial charge in [-0.15, -0.1) is 0 Å². The summed E-state index contributed by atoms with van der Waals surface area (Å²) < 4.78 is 33.6. The van der Waals surface area contributed by atoms with Gasteiger partial charge < -0.3 is 14.7 Å². The topological polar surface area (TPSA) is 102 Å². The van der Waals surface area contributed by atoms with Gasteiger partial charge in [-0.25, -0.2) is 9.97 Å². The Kier molecular flexibility index (Phi) is 6.13. The first-order valence-electron chi connectivity index (χ1n) is 11.3. The van der Waals surface area contributed by atoms with E-state index in [1.807, 2.05) is 11.0 Å². The number of carbonyl (C=O) groups is 1. The summed E-state index contributed by atoms with van der Waals surface area (Å²) in [5.74, 6) is -0.730. The maximum absolute atomic E-state index is 12.9. The van der Waals surface area contributed by atoms with Gasteiger partial charge in [0, 0.05) is 43.7 Å². The predicted octanol–water partition coefficient (Wildman–Crippen LogP) is 3.36. The van der Waals surface area contributed by atoms with E-state index in [2.05, 4.69) is 14.7 Å². The number of aliphatic carboxylic acids is 1. The molecule has 4 aromatic rings. The molecule has 1 N–H and O–H groups in total. The van der Waals surface area contributed by atoms with Crippen molar-refractivity contribution in [2.24, 2.45) is 13.0 Å². The third-order valence-electron chi connectivity index (χ3n) is 6.46. The summed E-state index contributed by atoms with van der Waals surface area (Å²) in [6.45, 7) is -1.86. The minimum Gasteiger partial charge on any atom is -0.481 e. The van der Waals surface area contributed by atoms with Crippen LogP contribution < -0.4 is 15.2 Å². The van der Waals surface area contributed by atoms with Crippen LogP contribution in [0.2, 0.25) is 0 Å². The molecule has 1 aliphatic rings. The molecule has 5 rings (SSSR count). The van der Waals surface area contributed by atoms with Gasteiger partial charge in [0.25, 0.3) is 5.56 Å². The van der Waals surface area contributed by atoms with Crippen LogP contribution in [-0.2, 0) is 18.4 Å². The molecule has 9 nitrogen and oxygen atoms in total. The first-order valence-corrected chi connectivity index (χ1v) is 11.3. The first-order chi connectivity index (χ1) is 17.3. The number of halogens is 2. The van der Waals surface area contributed by atoms with Crippen LogP contribution in [0.3, 0.4) is 0 Å². The van der Waals surface area contributed by atoms with Crippen LogP contribution in [0.25, 0.3) is 22.0 Å². The average molecular weight is 495 g/mol. The Morgan fingerprint density at radius 2 is 1.92 bits per heavy atom. The van der Waals surface area contributed by atoms with Crippen molar-refractivity contribution in [1.82, 2.24) is 19.3 Å². The smallest absolute Gasteiger partial charge is 0.387 e. The molecule has 2 aromatic heterocycles. The number of hydrogen-bond donors (Lipinski definition) is 1. The minimum atomic E-state index is -2.96. The zero-order chi connectivity index (χ0) is 25.4. The van der Waals surface area contributed by atoms with Crippen molar-refractivity contribution in [1.29, 1.82) is 0 Å².